The Morgan fingerprint density at radius 1 is 0.923 bits per heavy atom. The fourth-order valence-corrected chi connectivity index (χ4v) is 1.03. The first-order valence-corrected chi connectivity index (χ1v) is 5.54. The van der Waals surface area contributed by atoms with Crippen molar-refractivity contribution in [2.45, 2.75) is 40.5 Å². The van der Waals surface area contributed by atoms with Crippen LogP contribution in [0.15, 0.2) is 0 Å². The van der Waals surface area contributed by atoms with Crippen molar-refractivity contribution >= 4 is 0 Å². The Morgan fingerprint density at radius 3 is 2.08 bits per heavy atom. The molecule has 0 aliphatic rings. The lowest BCUT2D eigenvalue weighted by atomic mass is 9.90. The summed E-state index contributed by atoms with van der Waals surface area (Å²) in [6, 6.07) is 0. The summed E-state index contributed by atoms with van der Waals surface area (Å²) in [5.41, 5.74) is 0.449. The molecule has 0 unspecified atom stereocenters. The highest BCUT2D eigenvalue weighted by atomic mass is 14.9. The monoisotopic (exact) mass is 186 g/mol. The molecule has 0 aromatic heterocycles. The molecule has 0 aromatic carbocycles. The van der Waals surface area contributed by atoms with E-state index >= 15 is 0 Å². The van der Waals surface area contributed by atoms with Gasteiger partial charge in [0, 0.05) is 19.6 Å². The Hall–Kier alpha value is -0.0800. The zero-order chi connectivity index (χ0) is 10.2. The van der Waals surface area contributed by atoms with Gasteiger partial charge in [-0.05, 0) is 24.8 Å². The van der Waals surface area contributed by atoms with Crippen molar-refractivity contribution in [1.82, 2.24) is 10.6 Å². The Bertz CT molecular complexity index is 111. The quantitative estimate of drug-likeness (QED) is 0.567. The molecule has 80 valence electrons. The molecule has 0 spiro atoms. The Labute approximate surface area is 83.5 Å². The van der Waals surface area contributed by atoms with Crippen LogP contribution in [0.2, 0.25) is 0 Å². The Kier molecular flexibility index (Phi) is 7.29. The van der Waals surface area contributed by atoms with Gasteiger partial charge in [-0.2, -0.15) is 0 Å². The molecule has 0 fully saturated rings. The molecule has 0 radical (unpaired) electrons. The van der Waals surface area contributed by atoms with Crippen molar-refractivity contribution in [3.63, 3.8) is 0 Å². The molecule has 0 heterocycles. The molecule has 0 amide bonds. The maximum Gasteiger partial charge on any atom is 0.00769 e. The predicted octanol–water partition coefficient (Wildman–Crippen LogP) is 2.01. The van der Waals surface area contributed by atoms with Crippen molar-refractivity contribution in [2.24, 2.45) is 5.41 Å². The topological polar surface area (TPSA) is 24.1 Å². The summed E-state index contributed by atoms with van der Waals surface area (Å²) in [6.45, 7) is 13.5. The average Bonchev–Trinajstić information content (AvgIpc) is 2.11. The van der Waals surface area contributed by atoms with Gasteiger partial charge in [0.2, 0.25) is 0 Å². The lowest BCUT2D eigenvalue weighted by Crippen LogP contribution is -2.34. The molecule has 0 aliphatic heterocycles. The van der Waals surface area contributed by atoms with Crippen molar-refractivity contribution in [2.75, 3.05) is 26.2 Å². The molecule has 0 aromatic rings. The van der Waals surface area contributed by atoms with E-state index in [9.17, 15) is 0 Å². The van der Waals surface area contributed by atoms with E-state index in [0.717, 1.165) is 26.2 Å². The zero-order valence-electron chi connectivity index (χ0n) is 9.74. The minimum absolute atomic E-state index is 0.449. The third kappa shape index (κ3) is 8.26. The number of hydrogen-bond donors (Lipinski definition) is 2. The second kappa shape index (κ2) is 7.34. The van der Waals surface area contributed by atoms with Gasteiger partial charge in [0.25, 0.3) is 0 Å². The molecule has 0 bridgehead atoms. The Balaban J connectivity index is 3.16. The fraction of sp³-hybridized carbons (Fsp3) is 1.00. The summed E-state index contributed by atoms with van der Waals surface area (Å²) >= 11 is 0. The molecule has 2 nitrogen and oxygen atoms in total. The summed E-state index contributed by atoms with van der Waals surface area (Å²) < 4.78 is 0. The summed E-state index contributed by atoms with van der Waals surface area (Å²) in [6.07, 6.45) is 2.46. The van der Waals surface area contributed by atoms with Gasteiger partial charge in [0.1, 0.15) is 0 Å². The van der Waals surface area contributed by atoms with Crippen LogP contribution >= 0.6 is 0 Å². The standard InChI is InChI=1S/C11H26N2/c1-5-7-12-8-9-13-10-11(3,4)6-2/h12-13H,5-10H2,1-4H3. The SMILES string of the molecule is CCCNCCNCC(C)(C)CC. The molecule has 2 heteroatoms. The lowest BCUT2D eigenvalue weighted by Gasteiger charge is -2.22. The molecule has 2 N–H and O–H groups in total. The van der Waals surface area contributed by atoms with Crippen molar-refractivity contribution < 1.29 is 0 Å². The van der Waals surface area contributed by atoms with Gasteiger partial charge >= 0.3 is 0 Å². The van der Waals surface area contributed by atoms with E-state index in [1.165, 1.54) is 12.8 Å². The van der Waals surface area contributed by atoms with Crippen LogP contribution in [0, 0.1) is 5.41 Å². The molecule has 0 saturated heterocycles. The van der Waals surface area contributed by atoms with Crippen LogP contribution in [0.1, 0.15) is 40.5 Å². The molecule has 0 saturated carbocycles. The molecular formula is C11H26N2. The van der Waals surface area contributed by atoms with Gasteiger partial charge in [-0.15, -0.1) is 0 Å². The maximum absolute atomic E-state index is 3.47. The van der Waals surface area contributed by atoms with Crippen LogP contribution in [0.3, 0.4) is 0 Å². The third-order valence-electron chi connectivity index (χ3n) is 2.47. The summed E-state index contributed by atoms with van der Waals surface area (Å²) in [5, 5.41) is 6.85. The first kappa shape index (κ1) is 12.9. The van der Waals surface area contributed by atoms with E-state index in [1.54, 1.807) is 0 Å². The first-order chi connectivity index (χ1) is 6.12. The average molecular weight is 186 g/mol. The second-order valence-electron chi connectivity index (χ2n) is 4.44. The highest BCUT2D eigenvalue weighted by Crippen LogP contribution is 2.17. The molecule has 13 heavy (non-hydrogen) atoms. The van der Waals surface area contributed by atoms with E-state index in [0.29, 0.717) is 5.41 Å². The lowest BCUT2D eigenvalue weighted by molar-refractivity contribution is 0.328. The minimum atomic E-state index is 0.449. The van der Waals surface area contributed by atoms with E-state index in [4.69, 9.17) is 0 Å². The normalized spacial score (nSPS) is 12.0. The summed E-state index contributed by atoms with van der Waals surface area (Å²) in [4.78, 5) is 0. The fourth-order valence-electron chi connectivity index (χ4n) is 1.03. The van der Waals surface area contributed by atoms with E-state index in [-0.39, 0.29) is 0 Å². The van der Waals surface area contributed by atoms with Crippen LogP contribution in [0.25, 0.3) is 0 Å². The Morgan fingerprint density at radius 2 is 1.54 bits per heavy atom. The van der Waals surface area contributed by atoms with Crippen molar-refractivity contribution in [3.05, 3.63) is 0 Å². The highest BCUT2D eigenvalue weighted by Gasteiger charge is 2.13. The third-order valence-corrected chi connectivity index (χ3v) is 2.47. The van der Waals surface area contributed by atoms with Crippen molar-refractivity contribution in [1.29, 1.82) is 0 Å². The molecular weight excluding hydrogens is 160 g/mol. The minimum Gasteiger partial charge on any atom is -0.315 e. The summed E-state index contributed by atoms with van der Waals surface area (Å²) in [7, 11) is 0. The van der Waals surface area contributed by atoms with Gasteiger partial charge < -0.3 is 10.6 Å². The van der Waals surface area contributed by atoms with Gasteiger partial charge in [-0.25, -0.2) is 0 Å². The number of hydrogen-bond acceptors (Lipinski definition) is 2. The zero-order valence-corrected chi connectivity index (χ0v) is 9.74. The van der Waals surface area contributed by atoms with Gasteiger partial charge in [-0.1, -0.05) is 27.7 Å². The van der Waals surface area contributed by atoms with E-state index in [1.807, 2.05) is 0 Å². The van der Waals surface area contributed by atoms with Gasteiger partial charge in [0.15, 0.2) is 0 Å². The molecule has 0 rings (SSSR count). The maximum atomic E-state index is 3.47. The van der Waals surface area contributed by atoms with Crippen LogP contribution in [0.4, 0.5) is 0 Å². The van der Waals surface area contributed by atoms with Crippen LogP contribution in [-0.4, -0.2) is 26.2 Å². The van der Waals surface area contributed by atoms with Crippen molar-refractivity contribution in [3.8, 4) is 0 Å². The molecule has 0 atom stereocenters. The smallest absolute Gasteiger partial charge is 0.00769 e. The predicted molar refractivity (Wildman–Crippen MR) is 60.1 cm³/mol. The first-order valence-electron chi connectivity index (χ1n) is 5.54. The van der Waals surface area contributed by atoms with Crippen LogP contribution in [0.5, 0.6) is 0 Å². The van der Waals surface area contributed by atoms with E-state index in [2.05, 4.69) is 38.3 Å². The van der Waals surface area contributed by atoms with Crippen LogP contribution in [-0.2, 0) is 0 Å². The largest absolute Gasteiger partial charge is 0.315 e. The molecule has 0 aliphatic carbocycles. The van der Waals surface area contributed by atoms with Gasteiger partial charge in [-0.3, -0.25) is 0 Å². The van der Waals surface area contributed by atoms with Gasteiger partial charge in [0.05, 0.1) is 0 Å². The second-order valence-corrected chi connectivity index (χ2v) is 4.44. The van der Waals surface area contributed by atoms with E-state index < -0.39 is 0 Å². The number of nitrogens with one attached hydrogen (secondary N) is 2. The number of rotatable bonds is 8. The van der Waals surface area contributed by atoms with Crippen LogP contribution < -0.4 is 10.6 Å². The summed E-state index contributed by atoms with van der Waals surface area (Å²) in [5.74, 6) is 0. The highest BCUT2D eigenvalue weighted by molar-refractivity contribution is 4.69.